The van der Waals surface area contributed by atoms with Gasteiger partial charge in [-0.15, -0.1) is 0 Å². The van der Waals surface area contributed by atoms with Gasteiger partial charge in [-0.3, -0.25) is 0 Å². The molecule has 2 spiro atoms. The molecule has 1 fully saturated rings. The van der Waals surface area contributed by atoms with Crippen LogP contribution in [0.2, 0.25) is 0 Å². The van der Waals surface area contributed by atoms with Crippen LogP contribution in [0.15, 0.2) is 149 Å². The predicted octanol–water partition coefficient (Wildman–Crippen LogP) is 12.6. The Hall–Kier alpha value is -4.37. The van der Waals surface area contributed by atoms with Crippen molar-refractivity contribution in [3.8, 4) is 11.1 Å². The van der Waals surface area contributed by atoms with Crippen molar-refractivity contribution in [1.29, 1.82) is 0 Å². The summed E-state index contributed by atoms with van der Waals surface area (Å²) in [5.41, 5.74) is 16.5. The van der Waals surface area contributed by atoms with Crippen LogP contribution in [0.5, 0.6) is 0 Å². The normalized spacial score (nSPS) is 28.9. The number of hydrogen-bond donors (Lipinski definition) is 0. The van der Waals surface area contributed by atoms with Crippen LogP contribution in [0.1, 0.15) is 115 Å². The third-order valence-corrected chi connectivity index (χ3v) is 15.9. The van der Waals surface area contributed by atoms with Crippen molar-refractivity contribution in [2.75, 3.05) is 0 Å². The summed E-state index contributed by atoms with van der Waals surface area (Å²) in [5.74, 6) is 1.90. The van der Waals surface area contributed by atoms with Crippen LogP contribution >= 0.6 is 0 Å². The van der Waals surface area contributed by atoms with Crippen LogP contribution < -0.4 is 0 Å². The average Bonchev–Trinajstić information content (AvgIpc) is 3.88. The van der Waals surface area contributed by atoms with Crippen LogP contribution in [0, 0.1) is 11.8 Å². The van der Waals surface area contributed by atoms with Gasteiger partial charge in [-0.05, 0) is 148 Å². The molecule has 0 heterocycles. The van der Waals surface area contributed by atoms with Gasteiger partial charge in [0.2, 0.25) is 0 Å². The molecule has 53 heavy (non-hydrogen) atoms. The van der Waals surface area contributed by atoms with Crippen LogP contribution in [-0.2, 0) is 22.0 Å². The third-order valence-electron chi connectivity index (χ3n) is 14.5. The zero-order valence-corrected chi connectivity index (χ0v) is 31.6. The van der Waals surface area contributed by atoms with Gasteiger partial charge in [0.1, 0.15) is 0 Å². The first-order valence-electron chi connectivity index (χ1n) is 20.1. The molecule has 0 amide bonds. The monoisotopic (exact) mass is 706 g/mol. The van der Waals surface area contributed by atoms with E-state index in [9.17, 15) is 0 Å². The van der Waals surface area contributed by atoms with Gasteiger partial charge in [0.15, 0.2) is 9.79 Å². The molecule has 0 radical (unpaired) electrons. The molecule has 6 aliphatic rings. The Morgan fingerprint density at radius 2 is 1.34 bits per heavy atom. The number of fused-ring (bicyclic) bond motifs is 17. The SMILES string of the molecule is CC/C=C\C1=C(C)C2(c3ccccc31)c1cc([S+]([O-])c3ccc4c(c3)C3(c5ccccc5-4)c4ccccc4C4C=CCCC43)ccc1[C@H]1CCCCC12. The fourth-order valence-corrected chi connectivity index (χ4v) is 13.8. The molecule has 2 heteroatoms. The largest absolute Gasteiger partial charge is 0.606 e. The quantitative estimate of drug-likeness (QED) is 0.135. The second-order valence-electron chi connectivity index (χ2n) is 16.5. The first-order valence-corrected chi connectivity index (χ1v) is 21.3. The van der Waals surface area contributed by atoms with E-state index in [-0.39, 0.29) is 10.8 Å². The highest BCUT2D eigenvalue weighted by atomic mass is 32.2. The van der Waals surface area contributed by atoms with Crippen molar-refractivity contribution in [3.63, 3.8) is 0 Å². The summed E-state index contributed by atoms with van der Waals surface area (Å²) in [6.07, 6.45) is 17.9. The van der Waals surface area contributed by atoms with E-state index in [2.05, 4.69) is 147 Å². The Labute approximate surface area is 317 Å². The van der Waals surface area contributed by atoms with Gasteiger partial charge in [0.25, 0.3) is 0 Å². The Morgan fingerprint density at radius 3 is 2.17 bits per heavy atom. The maximum Gasteiger partial charge on any atom is 0.158 e. The maximum atomic E-state index is 15.2. The second-order valence-corrected chi connectivity index (χ2v) is 18.0. The number of rotatable bonds is 4. The Bertz CT molecular complexity index is 2430. The van der Waals surface area contributed by atoms with Crippen LogP contribution in [0.25, 0.3) is 16.7 Å². The highest BCUT2D eigenvalue weighted by Gasteiger charge is 2.59. The van der Waals surface area contributed by atoms with E-state index in [1.165, 1.54) is 92.5 Å². The lowest BCUT2D eigenvalue weighted by atomic mass is 9.62. The predicted molar refractivity (Wildman–Crippen MR) is 218 cm³/mol. The topological polar surface area (TPSA) is 23.1 Å². The summed E-state index contributed by atoms with van der Waals surface area (Å²) in [4.78, 5) is 1.85. The minimum Gasteiger partial charge on any atom is -0.606 e. The van der Waals surface area contributed by atoms with Gasteiger partial charge >= 0.3 is 0 Å². The highest BCUT2D eigenvalue weighted by Crippen LogP contribution is 2.68. The van der Waals surface area contributed by atoms with Gasteiger partial charge in [-0.1, -0.05) is 129 Å². The summed E-state index contributed by atoms with van der Waals surface area (Å²) in [5, 5.41) is 0. The van der Waals surface area contributed by atoms with Gasteiger partial charge in [-0.25, -0.2) is 0 Å². The van der Waals surface area contributed by atoms with E-state index >= 15 is 4.55 Å². The molecule has 5 aromatic rings. The molecule has 0 aliphatic heterocycles. The Morgan fingerprint density at radius 1 is 0.660 bits per heavy atom. The zero-order valence-electron chi connectivity index (χ0n) is 30.8. The van der Waals surface area contributed by atoms with E-state index < -0.39 is 11.2 Å². The highest BCUT2D eigenvalue weighted by molar-refractivity contribution is 7.91. The molecule has 0 aromatic heterocycles. The molecule has 7 atom stereocenters. The van der Waals surface area contributed by atoms with Gasteiger partial charge in [0, 0.05) is 22.5 Å². The minimum atomic E-state index is -1.34. The van der Waals surface area contributed by atoms with E-state index in [1.54, 1.807) is 0 Å². The number of hydrogen-bond acceptors (Lipinski definition) is 1. The second kappa shape index (κ2) is 11.8. The lowest BCUT2D eigenvalue weighted by molar-refractivity contribution is 0.262. The summed E-state index contributed by atoms with van der Waals surface area (Å²) in [6, 6.07) is 41.3. The van der Waals surface area contributed by atoms with Crippen LogP contribution in [-0.4, -0.2) is 4.55 Å². The summed E-state index contributed by atoms with van der Waals surface area (Å²) in [7, 11) is 0. The van der Waals surface area contributed by atoms with Crippen molar-refractivity contribution in [2.45, 2.75) is 91.2 Å². The number of benzene rings is 5. The fourth-order valence-electron chi connectivity index (χ4n) is 12.7. The molecule has 0 bridgehead atoms. The molecule has 6 aliphatic carbocycles. The van der Waals surface area contributed by atoms with Crippen LogP contribution in [0.4, 0.5) is 0 Å². The molecular weight excluding hydrogens is 661 g/mol. The first kappa shape index (κ1) is 32.1. The van der Waals surface area contributed by atoms with E-state index in [1.807, 2.05) is 0 Å². The molecule has 0 saturated heterocycles. The lowest BCUT2D eigenvalue weighted by Gasteiger charge is -2.40. The third kappa shape index (κ3) is 4.04. The van der Waals surface area contributed by atoms with E-state index in [4.69, 9.17) is 0 Å². The Kier molecular flexibility index (Phi) is 7.15. The maximum absolute atomic E-state index is 15.2. The van der Waals surface area contributed by atoms with Crippen molar-refractivity contribution in [3.05, 3.63) is 184 Å². The van der Waals surface area contributed by atoms with E-state index in [0.717, 1.165) is 29.1 Å². The molecule has 0 N–H and O–H groups in total. The molecule has 5 aromatic carbocycles. The fraction of sp³-hybridized carbons (Fsp3) is 0.294. The van der Waals surface area contributed by atoms with Crippen molar-refractivity contribution in [1.82, 2.24) is 0 Å². The first-order chi connectivity index (χ1) is 26.1. The molecule has 1 nitrogen and oxygen atoms in total. The molecule has 262 valence electrons. The van der Waals surface area contributed by atoms with Gasteiger partial charge in [0.05, 0.1) is 5.41 Å². The smallest absolute Gasteiger partial charge is 0.158 e. The van der Waals surface area contributed by atoms with Crippen LogP contribution in [0.3, 0.4) is 0 Å². The molecular formula is C51H46OS. The van der Waals surface area contributed by atoms with E-state index in [0.29, 0.717) is 23.7 Å². The summed E-state index contributed by atoms with van der Waals surface area (Å²) >= 11 is -1.34. The number of allylic oxidation sites excluding steroid dienone is 6. The summed E-state index contributed by atoms with van der Waals surface area (Å²) in [6.45, 7) is 4.63. The molecule has 11 rings (SSSR count). The van der Waals surface area contributed by atoms with Crippen molar-refractivity contribution < 1.29 is 4.55 Å². The van der Waals surface area contributed by atoms with Gasteiger partial charge in [-0.2, -0.15) is 0 Å². The molecule has 1 saturated carbocycles. The average molecular weight is 707 g/mol. The van der Waals surface area contributed by atoms with Gasteiger partial charge < -0.3 is 4.55 Å². The van der Waals surface area contributed by atoms with Crippen molar-refractivity contribution >= 4 is 16.7 Å². The Balaban J connectivity index is 1.09. The zero-order chi connectivity index (χ0) is 35.5. The minimum absolute atomic E-state index is 0.175. The van der Waals surface area contributed by atoms with Crippen molar-refractivity contribution in [2.24, 2.45) is 11.8 Å². The summed E-state index contributed by atoms with van der Waals surface area (Å²) < 4.78 is 15.2. The lowest BCUT2D eigenvalue weighted by Crippen LogP contribution is -2.35. The molecule has 6 unspecified atom stereocenters. The standard InChI is InChI=1S/C51H46OS/c1-3-4-15-35-32(2)50(43-21-10-5-16-36(35)43)44-22-11-6-19-39(44)41-28-26-33(30-48(41)50)53(52)34-27-29-42-40-20-9-14-25-47(40)51(49(42)31-34)45-23-12-7-17-37(45)38-18-8-13-24-46(38)51/h4-5,7-10,12,14-18,20-21,23,25-31,38-39,44,46H,3,6,11,13,19,22,24H2,1-2H3/b15-4-/t38?,39-,44?,46?,50?,51?,53?/m1/s1.